The fourth-order valence-electron chi connectivity index (χ4n) is 4.65. The van der Waals surface area contributed by atoms with E-state index in [0.717, 1.165) is 28.1 Å². The number of esters is 1. The first kappa shape index (κ1) is 32.4. The zero-order chi connectivity index (χ0) is 31.2. The third-order valence-corrected chi connectivity index (χ3v) is 8.24. The third kappa shape index (κ3) is 7.90. The monoisotopic (exact) mass is 606 g/mol. The van der Waals surface area contributed by atoms with Gasteiger partial charge in [-0.1, -0.05) is 48.0 Å². The van der Waals surface area contributed by atoms with E-state index < -0.39 is 18.3 Å². The van der Waals surface area contributed by atoms with Crippen LogP contribution in [0, 0.1) is 0 Å². The van der Waals surface area contributed by atoms with Crippen molar-refractivity contribution < 1.29 is 28.3 Å². The number of nitrogens with zero attached hydrogens (tertiary/aromatic N) is 2. The number of pyridine rings is 1. The fourth-order valence-corrected chi connectivity index (χ4v) is 4.90. The average Bonchev–Trinajstić information content (AvgIpc) is 3.21. The summed E-state index contributed by atoms with van der Waals surface area (Å²) >= 11 is 6.93. The summed E-state index contributed by atoms with van der Waals surface area (Å²) in [6, 6.07) is 17.9. The molecule has 0 bridgehead atoms. The van der Waals surface area contributed by atoms with Gasteiger partial charge in [0.25, 0.3) is 0 Å². The predicted octanol–water partition coefficient (Wildman–Crippen LogP) is 6.22. The molecule has 2 aromatic carbocycles. The van der Waals surface area contributed by atoms with Crippen LogP contribution in [0.15, 0.2) is 60.7 Å². The molecule has 0 spiro atoms. The van der Waals surface area contributed by atoms with Crippen LogP contribution < -0.4 is 19.8 Å². The van der Waals surface area contributed by atoms with Crippen LogP contribution in [0.2, 0.25) is 5.15 Å². The molecule has 43 heavy (non-hydrogen) atoms. The quantitative estimate of drug-likeness (QED) is 0.137. The van der Waals surface area contributed by atoms with Crippen molar-refractivity contribution >= 4 is 42.0 Å². The second-order valence-corrected chi connectivity index (χ2v) is 11.8. The lowest BCUT2D eigenvalue weighted by atomic mass is 9.76. The lowest BCUT2D eigenvalue weighted by molar-refractivity contribution is -0.140. The minimum absolute atomic E-state index is 0.263. The van der Waals surface area contributed by atoms with Crippen LogP contribution in [-0.4, -0.2) is 50.6 Å². The molecule has 0 unspecified atom stereocenters. The smallest absolute Gasteiger partial charge is 0.495 e. The summed E-state index contributed by atoms with van der Waals surface area (Å²) in [5.74, 6) is 1.98. The first-order valence-electron chi connectivity index (χ1n) is 14.3. The maximum atomic E-state index is 11.6. The summed E-state index contributed by atoms with van der Waals surface area (Å²) in [6.07, 6.45) is 4.52. The van der Waals surface area contributed by atoms with Crippen molar-refractivity contribution in [3.8, 4) is 11.5 Å². The van der Waals surface area contributed by atoms with Crippen LogP contribution in [0.1, 0.15) is 57.2 Å². The van der Waals surface area contributed by atoms with Gasteiger partial charge in [0, 0.05) is 25.1 Å². The van der Waals surface area contributed by atoms with Crippen LogP contribution in [0.25, 0.3) is 6.08 Å². The maximum absolute atomic E-state index is 11.6. The Balaban J connectivity index is 1.76. The standard InChI is InChI=1S/C33H40BClN2O6/c1-32(2)33(3,4)43-34(42-32)28-20-29(36-31(35)27(28)10-8-9-11-30(38)41-7)37(21-23-12-16-25(39-5)17-13-23)22-24-14-18-26(40-6)19-15-24/h8,10,12-20H,9,11,21-22H2,1-7H3/b10-8+. The lowest BCUT2D eigenvalue weighted by Crippen LogP contribution is -2.41. The van der Waals surface area contributed by atoms with Crippen molar-refractivity contribution in [2.45, 2.75) is 64.8 Å². The molecule has 0 atom stereocenters. The molecule has 228 valence electrons. The summed E-state index contributed by atoms with van der Waals surface area (Å²) < 4.78 is 28.4. The Kier molecular flexibility index (Phi) is 10.4. The van der Waals surface area contributed by atoms with E-state index in [1.54, 1.807) is 14.2 Å². The van der Waals surface area contributed by atoms with Gasteiger partial charge < -0.3 is 28.4 Å². The van der Waals surface area contributed by atoms with Gasteiger partial charge in [-0.15, -0.1) is 0 Å². The van der Waals surface area contributed by atoms with Gasteiger partial charge in [0.15, 0.2) is 0 Å². The molecule has 8 nitrogen and oxygen atoms in total. The number of anilines is 1. The SMILES string of the molecule is COC(=O)CC/C=C/c1c(B2OC(C)(C)C(C)(C)O2)cc(N(Cc2ccc(OC)cc2)Cc2ccc(OC)cc2)nc1Cl. The molecule has 1 aliphatic rings. The highest BCUT2D eigenvalue weighted by atomic mass is 35.5. The molecule has 4 rings (SSSR count). The molecule has 2 heterocycles. The van der Waals surface area contributed by atoms with E-state index in [9.17, 15) is 4.79 Å². The number of allylic oxidation sites excluding steroid dienone is 1. The molecule has 0 N–H and O–H groups in total. The predicted molar refractivity (Wildman–Crippen MR) is 171 cm³/mol. The highest BCUT2D eigenvalue weighted by molar-refractivity contribution is 6.63. The highest BCUT2D eigenvalue weighted by Gasteiger charge is 2.52. The molecule has 0 radical (unpaired) electrons. The number of hydrogen-bond acceptors (Lipinski definition) is 8. The molecule has 3 aromatic rings. The van der Waals surface area contributed by atoms with Gasteiger partial charge in [-0.25, -0.2) is 4.98 Å². The number of hydrogen-bond donors (Lipinski definition) is 0. The summed E-state index contributed by atoms with van der Waals surface area (Å²) in [5, 5.41) is 0.311. The first-order valence-corrected chi connectivity index (χ1v) is 14.6. The van der Waals surface area contributed by atoms with Crippen LogP contribution in [0.3, 0.4) is 0 Å². The van der Waals surface area contributed by atoms with Gasteiger partial charge in [-0.3, -0.25) is 4.79 Å². The molecule has 1 fully saturated rings. The van der Waals surface area contributed by atoms with Crippen molar-refractivity contribution in [3.63, 3.8) is 0 Å². The molecular weight excluding hydrogens is 567 g/mol. The number of benzene rings is 2. The average molecular weight is 607 g/mol. The van der Waals surface area contributed by atoms with Gasteiger partial charge in [0.2, 0.25) is 0 Å². The van der Waals surface area contributed by atoms with Gasteiger partial charge in [0.05, 0.1) is 32.5 Å². The number of methoxy groups -OCH3 is 3. The summed E-state index contributed by atoms with van der Waals surface area (Å²) in [6.45, 7) is 9.20. The Morgan fingerprint density at radius 1 is 0.907 bits per heavy atom. The number of carbonyl (C=O) groups is 1. The first-order chi connectivity index (χ1) is 20.5. The lowest BCUT2D eigenvalue weighted by Gasteiger charge is -2.32. The third-order valence-electron chi connectivity index (χ3n) is 7.95. The van der Waals surface area contributed by atoms with E-state index in [1.807, 2.05) is 94.4 Å². The largest absolute Gasteiger partial charge is 0.497 e. The van der Waals surface area contributed by atoms with Crippen LogP contribution in [0.4, 0.5) is 5.82 Å². The summed E-state index contributed by atoms with van der Waals surface area (Å²) in [7, 11) is 4.01. The van der Waals surface area contributed by atoms with E-state index in [0.29, 0.717) is 36.0 Å². The van der Waals surface area contributed by atoms with Crippen molar-refractivity contribution in [2.24, 2.45) is 0 Å². The molecule has 0 amide bonds. The Morgan fingerprint density at radius 3 is 1.88 bits per heavy atom. The topological polar surface area (TPSA) is 79.4 Å². The number of carbonyl (C=O) groups excluding carboxylic acids is 1. The second kappa shape index (κ2) is 13.8. The maximum Gasteiger partial charge on any atom is 0.495 e. The fraction of sp³-hybridized carbons (Fsp3) is 0.394. The van der Waals surface area contributed by atoms with Gasteiger partial charge >= 0.3 is 13.1 Å². The molecule has 1 saturated heterocycles. The van der Waals surface area contributed by atoms with Gasteiger partial charge in [-0.2, -0.15) is 0 Å². The highest BCUT2D eigenvalue weighted by Crippen LogP contribution is 2.37. The van der Waals surface area contributed by atoms with Gasteiger partial charge in [-0.05, 0) is 81.0 Å². The van der Waals surface area contributed by atoms with E-state index in [4.69, 9.17) is 40.1 Å². The Bertz CT molecular complexity index is 1360. The summed E-state index contributed by atoms with van der Waals surface area (Å²) in [5.41, 5.74) is 2.50. The van der Waals surface area contributed by atoms with Crippen molar-refractivity contribution in [3.05, 3.63) is 82.5 Å². The van der Waals surface area contributed by atoms with Crippen LogP contribution in [-0.2, 0) is 31.9 Å². The summed E-state index contributed by atoms with van der Waals surface area (Å²) in [4.78, 5) is 18.7. The van der Waals surface area contributed by atoms with Crippen LogP contribution >= 0.6 is 11.6 Å². The second-order valence-electron chi connectivity index (χ2n) is 11.4. The molecule has 10 heteroatoms. The Morgan fingerprint density at radius 2 is 1.42 bits per heavy atom. The van der Waals surface area contributed by atoms with Crippen molar-refractivity contribution in [1.82, 2.24) is 4.98 Å². The number of aromatic nitrogens is 1. The van der Waals surface area contributed by atoms with E-state index >= 15 is 0 Å². The zero-order valence-corrected chi connectivity index (χ0v) is 26.7. The van der Waals surface area contributed by atoms with Crippen LogP contribution in [0.5, 0.6) is 11.5 Å². The van der Waals surface area contributed by atoms with Gasteiger partial charge in [0.1, 0.15) is 22.5 Å². The van der Waals surface area contributed by atoms with E-state index in [-0.39, 0.29) is 12.4 Å². The minimum atomic E-state index is -0.673. The molecule has 1 aromatic heterocycles. The number of ether oxygens (including phenoxy) is 3. The minimum Gasteiger partial charge on any atom is -0.497 e. The van der Waals surface area contributed by atoms with E-state index in [1.165, 1.54) is 7.11 Å². The van der Waals surface area contributed by atoms with Crippen molar-refractivity contribution in [1.29, 1.82) is 0 Å². The molecule has 1 aliphatic heterocycles. The van der Waals surface area contributed by atoms with Crippen molar-refractivity contribution in [2.75, 3.05) is 26.2 Å². The Hall–Kier alpha value is -3.53. The molecule has 0 aliphatic carbocycles. The number of halogens is 1. The zero-order valence-electron chi connectivity index (χ0n) is 26.0. The Labute approximate surface area is 260 Å². The van der Waals surface area contributed by atoms with E-state index in [2.05, 4.69) is 4.90 Å². The molecular formula is C33H40BClN2O6. The molecule has 0 saturated carbocycles. The number of rotatable bonds is 12. The normalized spacial score (nSPS) is 15.5.